The minimum absolute atomic E-state index is 0.0940. The van der Waals surface area contributed by atoms with Gasteiger partial charge in [0.2, 0.25) is 5.91 Å². The van der Waals surface area contributed by atoms with Crippen molar-refractivity contribution < 1.29 is 14.3 Å². The molecule has 1 aromatic heterocycles. The summed E-state index contributed by atoms with van der Waals surface area (Å²) in [6, 6.07) is 10.5. The van der Waals surface area contributed by atoms with E-state index in [9.17, 15) is 14.4 Å². The molecule has 8 heteroatoms. The number of benzene rings is 1. The third kappa shape index (κ3) is 4.72. The smallest absolute Gasteiger partial charge is 0.272 e. The predicted octanol–water partition coefficient (Wildman–Crippen LogP) is 0.863. The third-order valence-electron chi connectivity index (χ3n) is 4.52. The van der Waals surface area contributed by atoms with Crippen molar-refractivity contribution in [3.05, 3.63) is 58.3 Å². The first-order valence-corrected chi connectivity index (χ1v) is 8.79. The number of hydrogen-bond acceptors (Lipinski definition) is 5. The van der Waals surface area contributed by atoms with Crippen molar-refractivity contribution in [2.75, 3.05) is 13.1 Å². The number of nitrogens with one attached hydrogen (secondary N) is 1. The topological polar surface area (TPSA) is 118 Å². The number of hydrogen-bond donors (Lipinski definition) is 2. The Morgan fingerprint density at radius 1 is 1.33 bits per heavy atom. The second kappa shape index (κ2) is 8.03. The number of likely N-dealkylation sites (tertiary alicyclic amines) is 1. The van der Waals surface area contributed by atoms with Gasteiger partial charge in [0, 0.05) is 37.9 Å². The summed E-state index contributed by atoms with van der Waals surface area (Å²) in [5, 5.41) is 0. The van der Waals surface area contributed by atoms with Crippen molar-refractivity contribution in [3.63, 3.8) is 0 Å². The quantitative estimate of drug-likeness (QED) is 0.809. The number of carbonyl (C=O) groups excluding carboxylic acids is 2. The highest BCUT2D eigenvalue weighted by Gasteiger charge is 2.34. The van der Waals surface area contributed by atoms with Gasteiger partial charge in [-0.3, -0.25) is 14.4 Å². The van der Waals surface area contributed by atoms with E-state index in [-0.39, 0.29) is 35.6 Å². The van der Waals surface area contributed by atoms with Gasteiger partial charge in [0.25, 0.3) is 11.5 Å². The molecular weight excluding hydrogens is 348 g/mol. The van der Waals surface area contributed by atoms with E-state index in [0.717, 1.165) is 0 Å². The van der Waals surface area contributed by atoms with E-state index in [1.54, 1.807) is 11.8 Å². The fraction of sp³-hybridized carbons (Fsp3) is 0.368. The zero-order valence-electron chi connectivity index (χ0n) is 15.1. The van der Waals surface area contributed by atoms with Crippen LogP contribution in [0.25, 0.3) is 0 Å². The van der Waals surface area contributed by atoms with Gasteiger partial charge in [-0.05, 0) is 19.1 Å². The van der Waals surface area contributed by atoms with Gasteiger partial charge in [0.15, 0.2) is 0 Å². The third-order valence-corrected chi connectivity index (χ3v) is 4.52. The maximum atomic E-state index is 12.8. The summed E-state index contributed by atoms with van der Waals surface area (Å²) in [4.78, 5) is 44.1. The number of para-hydroxylation sites is 1. The molecule has 8 nitrogen and oxygen atoms in total. The highest BCUT2D eigenvalue weighted by atomic mass is 16.5. The second-order valence-corrected chi connectivity index (χ2v) is 6.66. The van der Waals surface area contributed by atoms with Crippen LogP contribution in [0.5, 0.6) is 5.75 Å². The van der Waals surface area contributed by atoms with Crippen molar-refractivity contribution in [3.8, 4) is 5.75 Å². The SMILES string of the molecule is Cc1nc(C(=O)N2CC[C@@H](Oc3ccccc3)[C@H](CC(N)=O)C2)cc(=O)[nH]1. The largest absolute Gasteiger partial charge is 0.490 e. The summed E-state index contributed by atoms with van der Waals surface area (Å²) in [7, 11) is 0. The first-order valence-electron chi connectivity index (χ1n) is 8.79. The molecule has 1 saturated heterocycles. The van der Waals surface area contributed by atoms with Crippen molar-refractivity contribution in [2.24, 2.45) is 11.7 Å². The van der Waals surface area contributed by atoms with E-state index < -0.39 is 5.91 Å². The molecule has 3 rings (SSSR count). The Labute approximate surface area is 156 Å². The van der Waals surface area contributed by atoms with Crippen molar-refractivity contribution in [2.45, 2.75) is 25.9 Å². The number of ether oxygens (including phenoxy) is 1. The second-order valence-electron chi connectivity index (χ2n) is 6.66. The summed E-state index contributed by atoms with van der Waals surface area (Å²) >= 11 is 0. The van der Waals surface area contributed by atoms with E-state index >= 15 is 0 Å². The van der Waals surface area contributed by atoms with E-state index in [1.165, 1.54) is 6.07 Å². The van der Waals surface area contributed by atoms with Gasteiger partial charge in [0.05, 0.1) is 0 Å². The molecule has 1 aliphatic rings. The van der Waals surface area contributed by atoms with Crippen LogP contribution in [0.1, 0.15) is 29.2 Å². The molecule has 0 bridgehead atoms. The molecule has 3 N–H and O–H groups in total. The number of amides is 2. The van der Waals surface area contributed by atoms with Gasteiger partial charge >= 0.3 is 0 Å². The first kappa shape index (κ1) is 18.6. The Balaban J connectivity index is 1.76. The number of aryl methyl sites for hydroxylation is 1. The van der Waals surface area contributed by atoms with Gasteiger partial charge in [-0.2, -0.15) is 0 Å². The number of piperidine rings is 1. The van der Waals surface area contributed by atoms with Crippen LogP contribution >= 0.6 is 0 Å². The summed E-state index contributed by atoms with van der Waals surface area (Å²) in [6.45, 7) is 2.37. The van der Waals surface area contributed by atoms with Crippen molar-refractivity contribution in [1.82, 2.24) is 14.9 Å². The summed E-state index contributed by atoms with van der Waals surface area (Å²) < 4.78 is 6.02. The van der Waals surface area contributed by atoms with Crippen LogP contribution in [0.15, 0.2) is 41.2 Å². The molecule has 0 radical (unpaired) electrons. The number of nitrogens with zero attached hydrogens (tertiary/aromatic N) is 2. The number of rotatable bonds is 5. The van der Waals surface area contributed by atoms with Gasteiger partial charge in [-0.25, -0.2) is 4.98 Å². The van der Waals surface area contributed by atoms with Crippen LogP contribution in [0.3, 0.4) is 0 Å². The number of aromatic nitrogens is 2. The molecule has 1 fully saturated rings. The molecule has 1 aromatic carbocycles. The Bertz CT molecular complexity index is 881. The summed E-state index contributed by atoms with van der Waals surface area (Å²) in [6.07, 6.45) is 0.446. The summed E-state index contributed by atoms with van der Waals surface area (Å²) in [5.74, 6) is 0.0758. The van der Waals surface area contributed by atoms with E-state index in [1.807, 2.05) is 30.3 Å². The fourth-order valence-corrected chi connectivity index (χ4v) is 3.33. The number of aromatic amines is 1. The molecule has 0 aliphatic carbocycles. The molecular formula is C19H22N4O4. The Hall–Kier alpha value is -3.16. The van der Waals surface area contributed by atoms with Gasteiger partial charge in [0.1, 0.15) is 23.4 Å². The number of H-pyrrole nitrogens is 1. The highest BCUT2D eigenvalue weighted by molar-refractivity contribution is 5.92. The van der Waals surface area contributed by atoms with Gasteiger partial charge in [-0.15, -0.1) is 0 Å². The molecule has 1 aliphatic heterocycles. The number of primary amides is 1. The maximum absolute atomic E-state index is 12.8. The Kier molecular flexibility index (Phi) is 5.54. The molecule has 0 unspecified atom stereocenters. The average molecular weight is 370 g/mol. The van der Waals surface area contributed by atoms with Gasteiger partial charge < -0.3 is 20.4 Å². The molecule has 2 atom stereocenters. The molecule has 2 heterocycles. The van der Waals surface area contributed by atoms with E-state index in [2.05, 4.69) is 9.97 Å². The molecule has 142 valence electrons. The van der Waals surface area contributed by atoms with Crippen molar-refractivity contribution in [1.29, 1.82) is 0 Å². The predicted molar refractivity (Wildman–Crippen MR) is 98.3 cm³/mol. The van der Waals surface area contributed by atoms with E-state index in [4.69, 9.17) is 10.5 Å². The van der Waals surface area contributed by atoms with Crippen LogP contribution < -0.4 is 16.0 Å². The van der Waals surface area contributed by atoms with Gasteiger partial charge in [-0.1, -0.05) is 18.2 Å². The lowest BCUT2D eigenvalue weighted by Gasteiger charge is -2.38. The normalized spacial score (nSPS) is 19.5. The lowest BCUT2D eigenvalue weighted by atomic mass is 9.91. The monoisotopic (exact) mass is 370 g/mol. The zero-order chi connectivity index (χ0) is 19.4. The highest BCUT2D eigenvalue weighted by Crippen LogP contribution is 2.26. The lowest BCUT2D eigenvalue weighted by Crippen LogP contribution is -2.49. The average Bonchev–Trinajstić information content (AvgIpc) is 2.62. The molecule has 27 heavy (non-hydrogen) atoms. The zero-order valence-corrected chi connectivity index (χ0v) is 15.1. The molecule has 0 saturated carbocycles. The maximum Gasteiger partial charge on any atom is 0.272 e. The molecule has 0 spiro atoms. The van der Waals surface area contributed by atoms with Crippen LogP contribution in [0.2, 0.25) is 0 Å². The van der Waals surface area contributed by atoms with Crippen molar-refractivity contribution >= 4 is 11.8 Å². The standard InChI is InChI=1S/C19H22N4O4/c1-12-21-15(10-18(25)22-12)19(26)23-8-7-16(13(11-23)9-17(20)24)27-14-5-3-2-4-6-14/h2-6,10,13,16H,7-9,11H2,1H3,(H2,20,24)(H,21,22,25)/t13-,16-/m1/s1. The van der Waals surface area contributed by atoms with Crippen LogP contribution in [-0.4, -0.2) is 45.9 Å². The summed E-state index contributed by atoms with van der Waals surface area (Å²) in [5.41, 5.74) is 5.12. The molecule has 2 amide bonds. The van der Waals surface area contributed by atoms with Crippen LogP contribution in [0, 0.1) is 12.8 Å². The minimum atomic E-state index is -0.443. The Morgan fingerprint density at radius 3 is 2.74 bits per heavy atom. The van der Waals surface area contributed by atoms with Crippen LogP contribution in [-0.2, 0) is 4.79 Å². The number of carbonyl (C=O) groups is 2. The lowest BCUT2D eigenvalue weighted by molar-refractivity contribution is -0.120. The van der Waals surface area contributed by atoms with E-state index in [0.29, 0.717) is 31.1 Å². The van der Waals surface area contributed by atoms with Crippen LogP contribution in [0.4, 0.5) is 0 Å². The number of nitrogens with two attached hydrogens (primary N) is 1. The minimum Gasteiger partial charge on any atom is -0.490 e. The Morgan fingerprint density at radius 2 is 2.07 bits per heavy atom. The molecule has 2 aromatic rings. The first-order chi connectivity index (χ1) is 12.9. The fourth-order valence-electron chi connectivity index (χ4n) is 3.33.